The molecule has 12 nitrogen and oxygen atoms in total. The Bertz CT molecular complexity index is 1690. The number of hydroxylamine groups is 2. The van der Waals surface area contributed by atoms with Gasteiger partial charge in [-0.1, -0.05) is 59.7 Å². The number of amides is 1. The Morgan fingerprint density at radius 2 is 1.73 bits per heavy atom. The Hall–Kier alpha value is -3.81. The van der Waals surface area contributed by atoms with E-state index in [4.69, 9.17) is 9.57 Å². The summed E-state index contributed by atoms with van der Waals surface area (Å²) >= 11 is 0. The van der Waals surface area contributed by atoms with E-state index in [2.05, 4.69) is 47.6 Å². The number of methoxy groups -OCH3 is 1. The van der Waals surface area contributed by atoms with Crippen molar-refractivity contribution in [2.24, 2.45) is 5.41 Å². The molecule has 0 bridgehead atoms. The van der Waals surface area contributed by atoms with Gasteiger partial charge >= 0.3 is 6.16 Å². The highest BCUT2D eigenvalue weighted by molar-refractivity contribution is 7.92. The van der Waals surface area contributed by atoms with Crippen LogP contribution in [-0.4, -0.2) is 79.6 Å². The lowest BCUT2D eigenvalue weighted by molar-refractivity contribution is -0.195. The third kappa shape index (κ3) is 7.89. The number of piperazine rings is 1. The average molecular weight is 644 g/mol. The van der Waals surface area contributed by atoms with Crippen molar-refractivity contribution in [3.05, 3.63) is 53.2 Å². The smallest absolute Gasteiger partial charge is 0.492 e. The number of nitrogens with one attached hydrogen (secondary N) is 3. The van der Waals surface area contributed by atoms with E-state index in [1.807, 2.05) is 39.0 Å². The molecule has 13 heteroatoms. The zero-order valence-corrected chi connectivity index (χ0v) is 28.3. The first kappa shape index (κ1) is 34.1. The van der Waals surface area contributed by atoms with Crippen LogP contribution in [0.25, 0.3) is 10.9 Å². The number of hydrogen-bond donors (Lipinski definition) is 4. The van der Waals surface area contributed by atoms with Gasteiger partial charge < -0.3 is 25.0 Å². The monoisotopic (exact) mass is 643 g/mol. The van der Waals surface area contributed by atoms with Crippen molar-refractivity contribution < 1.29 is 32.7 Å². The lowest BCUT2D eigenvalue weighted by Crippen LogP contribution is -2.58. The van der Waals surface area contributed by atoms with Crippen LogP contribution in [0.2, 0.25) is 0 Å². The Kier molecular flexibility index (Phi) is 9.49. The number of rotatable bonds is 8. The summed E-state index contributed by atoms with van der Waals surface area (Å²) in [7, 11) is -2.20. The maximum atomic E-state index is 13.7. The molecule has 2 unspecified atom stereocenters. The summed E-state index contributed by atoms with van der Waals surface area (Å²) in [6, 6.07) is 11.0. The molecule has 0 aliphatic carbocycles. The number of benzene rings is 2. The molecule has 1 aliphatic rings. The Balaban J connectivity index is 1.65. The summed E-state index contributed by atoms with van der Waals surface area (Å²) in [4.78, 5) is 35.7. The number of aromatic nitrogens is 1. The van der Waals surface area contributed by atoms with Crippen LogP contribution in [0, 0.1) is 5.41 Å². The van der Waals surface area contributed by atoms with Crippen LogP contribution < -0.4 is 14.8 Å². The van der Waals surface area contributed by atoms with Gasteiger partial charge in [0.15, 0.2) is 5.75 Å². The van der Waals surface area contributed by atoms with Crippen LogP contribution in [0.4, 0.5) is 16.2 Å². The number of H-pyrrole nitrogens is 1. The molecule has 1 amide bonds. The highest BCUT2D eigenvalue weighted by Crippen LogP contribution is 2.40. The van der Waals surface area contributed by atoms with E-state index in [0.717, 1.165) is 28.3 Å². The van der Waals surface area contributed by atoms with E-state index in [1.54, 1.807) is 23.3 Å². The highest BCUT2D eigenvalue weighted by Gasteiger charge is 2.39. The maximum Gasteiger partial charge on any atom is 0.525 e. The molecule has 2 heterocycles. The molecule has 4 N–H and O–H groups in total. The summed E-state index contributed by atoms with van der Waals surface area (Å²) in [6.07, 6.45) is -0.261. The van der Waals surface area contributed by atoms with Crippen molar-refractivity contribution in [2.45, 2.75) is 66.0 Å². The fourth-order valence-electron chi connectivity index (χ4n) is 5.74. The second-order valence-corrected chi connectivity index (χ2v) is 15.5. The van der Waals surface area contributed by atoms with Gasteiger partial charge in [0, 0.05) is 31.1 Å². The van der Waals surface area contributed by atoms with Crippen LogP contribution >= 0.6 is 0 Å². The first-order valence-electron chi connectivity index (χ1n) is 14.8. The fourth-order valence-corrected chi connectivity index (χ4v) is 6.29. The molecule has 2 aromatic carbocycles. The number of ether oxygens (including phenoxy) is 1. The van der Waals surface area contributed by atoms with Crippen LogP contribution in [-0.2, 0) is 20.3 Å². The Morgan fingerprint density at radius 3 is 2.31 bits per heavy atom. The zero-order valence-electron chi connectivity index (χ0n) is 27.4. The minimum absolute atomic E-state index is 0.0479. The van der Waals surface area contributed by atoms with Gasteiger partial charge in [0.1, 0.15) is 5.69 Å². The predicted octanol–water partition coefficient (Wildman–Crippen LogP) is 5.80. The van der Waals surface area contributed by atoms with Crippen molar-refractivity contribution in [3.8, 4) is 5.75 Å². The second-order valence-electron chi connectivity index (χ2n) is 13.7. The number of para-hydroxylation sites is 1. The van der Waals surface area contributed by atoms with Crippen molar-refractivity contribution in [3.63, 3.8) is 0 Å². The molecule has 0 saturated carbocycles. The summed E-state index contributed by atoms with van der Waals surface area (Å²) in [5.41, 5.74) is 2.95. The number of carbonyl (C=O) groups excluding carboxylic acids is 1. The number of carbonyl (C=O) groups is 2. The van der Waals surface area contributed by atoms with E-state index in [-0.39, 0.29) is 34.4 Å². The minimum atomic E-state index is -3.62. The summed E-state index contributed by atoms with van der Waals surface area (Å²) < 4.78 is 32.3. The van der Waals surface area contributed by atoms with Gasteiger partial charge in [0.05, 0.1) is 36.3 Å². The summed E-state index contributed by atoms with van der Waals surface area (Å²) in [5.74, 6) is -0.210. The average Bonchev–Trinajstić information content (AvgIpc) is 3.35. The largest absolute Gasteiger partial charge is 0.525 e. The third-order valence-corrected chi connectivity index (χ3v) is 8.78. The number of hydrogen-bond acceptors (Lipinski definition) is 8. The number of sulfonamides is 1. The van der Waals surface area contributed by atoms with E-state index >= 15 is 0 Å². The number of carboxylic acid groups (broad SMARTS) is 1. The lowest BCUT2D eigenvalue weighted by atomic mass is 9.84. The fraction of sp³-hybridized carbons (Fsp3) is 0.500. The third-order valence-electron chi connectivity index (χ3n) is 8.19. The number of nitrogens with zero attached hydrogens (tertiary/aromatic N) is 2. The molecule has 4 rings (SSSR count). The quantitative estimate of drug-likeness (QED) is 0.239. The minimum Gasteiger partial charge on any atom is -0.492 e. The van der Waals surface area contributed by atoms with E-state index in [9.17, 15) is 23.1 Å². The molecular formula is C32H45N5O7S. The SMILES string of the molecule is COc1c(NC(=O)c2cc3cccc(C(C)N4CCN(OC(=O)O)C(C(C)(C)C)C4)c3[nH]2)cc(C(C)(C)C)cc1NS(C)(=O)=O. The van der Waals surface area contributed by atoms with Gasteiger partial charge in [-0.3, -0.25) is 14.4 Å². The molecule has 246 valence electrons. The van der Waals surface area contributed by atoms with E-state index in [1.165, 1.54) is 7.11 Å². The van der Waals surface area contributed by atoms with Crippen LogP contribution in [0.1, 0.15) is 76.1 Å². The molecule has 1 aliphatic heterocycles. The van der Waals surface area contributed by atoms with Gasteiger partial charge in [0.2, 0.25) is 10.0 Å². The molecule has 2 atom stereocenters. The molecule has 45 heavy (non-hydrogen) atoms. The molecule has 1 saturated heterocycles. The van der Waals surface area contributed by atoms with Crippen molar-refractivity contribution in [1.82, 2.24) is 14.9 Å². The van der Waals surface area contributed by atoms with Crippen LogP contribution in [0.5, 0.6) is 5.75 Å². The van der Waals surface area contributed by atoms with Gasteiger partial charge in [-0.25, -0.2) is 13.2 Å². The van der Waals surface area contributed by atoms with Gasteiger partial charge in [-0.15, -0.1) is 5.06 Å². The standard InChI is InChI=1S/C32H45N5O7S/c1-19(36-13-14-37(44-30(39)40)26(18-36)32(5,6)7)22-12-10-11-20-15-25(33-27(20)22)29(38)34-23-16-21(31(2,3)4)17-24(28(23)43-8)35-45(9,41)42/h10-12,15-17,19,26,33,35H,13-14,18H2,1-9H3,(H,34,38)(H,39,40). The van der Waals surface area contributed by atoms with Crippen LogP contribution in [0.15, 0.2) is 36.4 Å². The predicted molar refractivity (Wildman–Crippen MR) is 175 cm³/mol. The molecule has 0 radical (unpaired) electrons. The topological polar surface area (TPSA) is 153 Å². The highest BCUT2D eigenvalue weighted by atomic mass is 32.2. The van der Waals surface area contributed by atoms with E-state index < -0.39 is 22.1 Å². The van der Waals surface area contributed by atoms with Crippen molar-refractivity contribution in [1.29, 1.82) is 0 Å². The van der Waals surface area contributed by atoms with Gasteiger partial charge in [0.25, 0.3) is 5.91 Å². The first-order valence-corrected chi connectivity index (χ1v) is 16.7. The van der Waals surface area contributed by atoms with Crippen molar-refractivity contribution in [2.75, 3.05) is 43.0 Å². The Labute approximate surface area is 265 Å². The number of aromatic amines is 1. The van der Waals surface area contributed by atoms with E-state index in [0.29, 0.717) is 31.0 Å². The van der Waals surface area contributed by atoms with Gasteiger partial charge in [-0.2, -0.15) is 0 Å². The molecule has 3 aromatic rings. The number of anilines is 2. The maximum absolute atomic E-state index is 13.7. The van der Waals surface area contributed by atoms with Gasteiger partial charge in [-0.05, 0) is 47.1 Å². The molecule has 1 aromatic heterocycles. The molecule has 0 spiro atoms. The molecule has 1 fully saturated rings. The van der Waals surface area contributed by atoms with Crippen LogP contribution in [0.3, 0.4) is 0 Å². The second kappa shape index (κ2) is 12.5. The number of fused-ring (bicyclic) bond motifs is 1. The first-order chi connectivity index (χ1) is 20.8. The lowest BCUT2D eigenvalue weighted by Gasteiger charge is -2.46. The molecular weight excluding hydrogens is 598 g/mol. The normalized spacial score (nSPS) is 17.6. The Morgan fingerprint density at radius 1 is 1.07 bits per heavy atom. The van der Waals surface area contributed by atoms with Crippen molar-refractivity contribution >= 4 is 44.4 Å². The summed E-state index contributed by atoms with van der Waals surface area (Å²) in [5, 5.41) is 14.6. The summed E-state index contributed by atoms with van der Waals surface area (Å²) in [6.45, 7) is 15.9. The zero-order chi connectivity index (χ0) is 33.5.